The van der Waals surface area contributed by atoms with E-state index in [0.717, 1.165) is 76.9 Å². The molecule has 1 aliphatic rings. The number of piperidine rings is 1. The van der Waals surface area contributed by atoms with Gasteiger partial charge in [-0.1, -0.05) is 29.8 Å². The van der Waals surface area contributed by atoms with Crippen molar-refractivity contribution in [3.05, 3.63) is 47.5 Å². The summed E-state index contributed by atoms with van der Waals surface area (Å²) in [5.41, 5.74) is 1.03. The first kappa shape index (κ1) is 22.1. The fourth-order valence-electron chi connectivity index (χ4n) is 3.66. The van der Waals surface area contributed by atoms with Gasteiger partial charge >= 0.3 is 0 Å². The summed E-state index contributed by atoms with van der Waals surface area (Å²) in [5.74, 6) is 0.696. The number of aldehydes is 1. The third kappa shape index (κ3) is 7.74. The molecule has 0 aromatic heterocycles. The first-order valence-electron chi connectivity index (χ1n) is 9.96. The normalized spacial score (nSPS) is 17.1. The van der Waals surface area contributed by atoms with Gasteiger partial charge in [-0.15, -0.1) is 6.58 Å². The van der Waals surface area contributed by atoms with E-state index in [4.69, 9.17) is 16.3 Å². The van der Waals surface area contributed by atoms with Gasteiger partial charge in [-0.2, -0.15) is 0 Å². The number of nitrogens with zero attached hydrogens (tertiary/aromatic N) is 2. The van der Waals surface area contributed by atoms with Crippen molar-refractivity contribution < 1.29 is 9.53 Å². The predicted molar refractivity (Wildman–Crippen MR) is 112 cm³/mol. The van der Waals surface area contributed by atoms with Crippen LogP contribution in [0.3, 0.4) is 0 Å². The van der Waals surface area contributed by atoms with Crippen molar-refractivity contribution in [3.8, 4) is 0 Å². The second-order valence-corrected chi connectivity index (χ2v) is 7.85. The average Bonchev–Trinajstić information content (AvgIpc) is 2.68. The van der Waals surface area contributed by atoms with Crippen LogP contribution in [0.1, 0.15) is 37.3 Å². The summed E-state index contributed by atoms with van der Waals surface area (Å²) in [6, 6.07) is 7.45. The molecule has 2 rings (SSSR count). The minimum absolute atomic E-state index is 0.160. The number of halogens is 1. The first-order chi connectivity index (χ1) is 13.1. The molecule has 0 saturated carbocycles. The van der Waals surface area contributed by atoms with E-state index in [0.29, 0.717) is 10.9 Å². The van der Waals surface area contributed by atoms with Crippen LogP contribution in [0.5, 0.6) is 0 Å². The number of carbonyl (C=O) groups is 1. The van der Waals surface area contributed by atoms with Gasteiger partial charge in [0.1, 0.15) is 6.29 Å². The molecule has 1 atom stereocenters. The fraction of sp³-hybridized carbons (Fsp3) is 0.591. The number of likely N-dealkylation sites (N-methyl/N-ethyl adjacent to an activating group) is 1. The van der Waals surface area contributed by atoms with Crippen LogP contribution in [-0.4, -0.2) is 62.5 Å². The quantitative estimate of drug-likeness (QED) is 0.303. The maximum absolute atomic E-state index is 11.6. The van der Waals surface area contributed by atoms with Gasteiger partial charge in [0, 0.05) is 31.3 Å². The van der Waals surface area contributed by atoms with Gasteiger partial charge in [0.2, 0.25) is 0 Å². The molecular weight excluding hydrogens is 360 g/mol. The lowest BCUT2D eigenvalue weighted by atomic mass is 9.92. The Bertz CT molecular complexity index is 556. The van der Waals surface area contributed by atoms with Crippen LogP contribution in [0.4, 0.5) is 0 Å². The molecule has 1 saturated heterocycles. The Morgan fingerprint density at radius 3 is 2.63 bits per heavy atom. The number of benzene rings is 1. The van der Waals surface area contributed by atoms with E-state index in [1.165, 1.54) is 0 Å². The first-order valence-corrected chi connectivity index (χ1v) is 10.3. The van der Waals surface area contributed by atoms with Gasteiger partial charge in [-0.25, -0.2) is 0 Å². The zero-order valence-electron chi connectivity index (χ0n) is 16.5. The van der Waals surface area contributed by atoms with Gasteiger partial charge in [-0.05, 0) is 69.4 Å². The van der Waals surface area contributed by atoms with Crippen LogP contribution in [-0.2, 0) is 9.53 Å². The van der Waals surface area contributed by atoms with Gasteiger partial charge in [0.05, 0.1) is 6.04 Å². The van der Waals surface area contributed by atoms with E-state index in [2.05, 4.69) is 23.4 Å². The molecule has 0 amide bonds. The van der Waals surface area contributed by atoms with Gasteiger partial charge in [-0.3, -0.25) is 4.90 Å². The number of hydrogen-bond acceptors (Lipinski definition) is 4. The van der Waals surface area contributed by atoms with Crippen molar-refractivity contribution in [2.75, 3.05) is 46.4 Å². The highest BCUT2D eigenvalue weighted by molar-refractivity contribution is 6.30. The predicted octanol–water partition coefficient (Wildman–Crippen LogP) is 4.21. The Morgan fingerprint density at radius 1 is 1.30 bits per heavy atom. The summed E-state index contributed by atoms with van der Waals surface area (Å²) < 4.78 is 5.81. The second-order valence-electron chi connectivity index (χ2n) is 7.42. The molecule has 5 heteroatoms. The average molecular weight is 393 g/mol. The van der Waals surface area contributed by atoms with E-state index < -0.39 is 0 Å². The lowest BCUT2D eigenvalue weighted by molar-refractivity contribution is -0.113. The molecule has 1 aliphatic heterocycles. The van der Waals surface area contributed by atoms with Crippen molar-refractivity contribution >= 4 is 17.9 Å². The number of carbonyl (C=O) groups excluding carboxylic acids is 1. The van der Waals surface area contributed by atoms with Crippen LogP contribution in [0, 0.1) is 5.92 Å². The maximum Gasteiger partial charge on any atom is 0.141 e. The van der Waals surface area contributed by atoms with E-state index in [1.807, 2.05) is 30.3 Å². The lowest BCUT2D eigenvalue weighted by Crippen LogP contribution is -2.37. The van der Waals surface area contributed by atoms with Crippen LogP contribution in [0.25, 0.3) is 0 Å². The third-order valence-corrected chi connectivity index (χ3v) is 5.57. The molecule has 4 nitrogen and oxygen atoms in total. The molecule has 1 aromatic carbocycles. The Morgan fingerprint density at radius 2 is 2.00 bits per heavy atom. The second kappa shape index (κ2) is 12.3. The third-order valence-electron chi connectivity index (χ3n) is 5.32. The van der Waals surface area contributed by atoms with Crippen LogP contribution < -0.4 is 0 Å². The monoisotopic (exact) mass is 392 g/mol. The smallest absolute Gasteiger partial charge is 0.141 e. The number of ether oxygens (including phenoxy) is 1. The summed E-state index contributed by atoms with van der Waals surface area (Å²) in [4.78, 5) is 16.2. The summed E-state index contributed by atoms with van der Waals surface area (Å²) in [6.45, 7) is 9.31. The molecule has 1 heterocycles. The minimum atomic E-state index is -0.160. The Labute approximate surface area is 169 Å². The standard InChI is InChI=1S/C22H33ClN2O2/c1-3-12-24(2)13-4-16-27-17-11-19-9-14-25(15-10-19)22(18-26)20-5-7-21(23)8-6-20/h3,5-8,18-19,22H,1,4,9-17H2,2H3. The Balaban J connectivity index is 1.62. The molecule has 1 fully saturated rings. The van der Waals surface area contributed by atoms with E-state index in [-0.39, 0.29) is 6.04 Å². The molecule has 0 spiro atoms. The minimum Gasteiger partial charge on any atom is -0.381 e. The van der Waals surface area contributed by atoms with Crippen molar-refractivity contribution in [2.24, 2.45) is 5.92 Å². The van der Waals surface area contributed by atoms with Crippen LogP contribution in [0.15, 0.2) is 36.9 Å². The molecule has 1 unspecified atom stereocenters. The van der Waals surface area contributed by atoms with E-state index >= 15 is 0 Å². The molecular formula is C22H33ClN2O2. The molecule has 27 heavy (non-hydrogen) atoms. The zero-order chi connectivity index (χ0) is 19.5. The van der Waals surface area contributed by atoms with Gasteiger partial charge < -0.3 is 14.4 Å². The van der Waals surface area contributed by atoms with Crippen molar-refractivity contribution in [3.63, 3.8) is 0 Å². The Kier molecular flexibility index (Phi) is 10.1. The highest BCUT2D eigenvalue weighted by atomic mass is 35.5. The fourth-order valence-corrected chi connectivity index (χ4v) is 3.78. The highest BCUT2D eigenvalue weighted by Gasteiger charge is 2.25. The largest absolute Gasteiger partial charge is 0.381 e. The zero-order valence-corrected chi connectivity index (χ0v) is 17.2. The van der Waals surface area contributed by atoms with Crippen LogP contribution >= 0.6 is 11.6 Å². The van der Waals surface area contributed by atoms with E-state index in [9.17, 15) is 4.79 Å². The SMILES string of the molecule is C=CCN(C)CCCOCCC1CCN(C(C=O)c2ccc(Cl)cc2)CC1. The molecule has 0 N–H and O–H groups in total. The summed E-state index contributed by atoms with van der Waals surface area (Å²) in [6.07, 6.45) is 7.41. The summed E-state index contributed by atoms with van der Waals surface area (Å²) >= 11 is 5.95. The van der Waals surface area contributed by atoms with Crippen molar-refractivity contribution in [1.82, 2.24) is 9.80 Å². The molecule has 0 bridgehead atoms. The topological polar surface area (TPSA) is 32.8 Å². The maximum atomic E-state index is 11.6. The van der Waals surface area contributed by atoms with Crippen LogP contribution in [0.2, 0.25) is 5.02 Å². The van der Waals surface area contributed by atoms with Gasteiger partial charge in [0.25, 0.3) is 0 Å². The molecule has 0 aliphatic carbocycles. The lowest BCUT2D eigenvalue weighted by Gasteiger charge is -2.35. The summed E-state index contributed by atoms with van der Waals surface area (Å²) in [5, 5.41) is 0.703. The molecule has 1 aromatic rings. The number of rotatable bonds is 12. The molecule has 0 radical (unpaired) electrons. The number of likely N-dealkylation sites (tertiary alicyclic amines) is 1. The van der Waals surface area contributed by atoms with Crippen molar-refractivity contribution in [1.29, 1.82) is 0 Å². The van der Waals surface area contributed by atoms with Gasteiger partial charge in [0.15, 0.2) is 0 Å². The molecule has 150 valence electrons. The van der Waals surface area contributed by atoms with E-state index in [1.54, 1.807) is 0 Å². The highest BCUT2D eigenvalue weighted by Crippen LogP contribution is 2.27. The number of hydrogen-bond donors (Lipinski definition) is 0. The van der Waals surface area contributed by atoms with Crippen molar-refractivity contribution in [2.45, 2.75) is 31.7 Å². The summed E-state index contributed by atoms with van der Waals surface area (Å²) in [7, 11) is 2.10. The Hall–Kier alpha value is -1.20.